The van der Waals surface area contributed by atoms with E-state index in [4.69, 9.17) is 17.4 Å². The van der Waals surface area contributed by atoms with Crippen LogP contribution in [0.2, 0.25) is 5.02 Å². The summed E-state index contributed by atoms with van der Waals surface area (Å²) in [5.74, 6) is 6.19. The Morgan fingerprint density at radius 2 is 2.35 bits per heavy atom. The third kappa shape index (κ3) is 3.04. The third-order valence-electron chi connectivity index (χ3n) is 2.40. The van der Waals surface area contributed by atoms with E-state index < -0.39 is 0 Å². The van der Waals surface area contributed by atoms with Crippen LogP contribution >= 0.6 is 27.5 Å². The number of nitrogens with one attached hydrogen (secondary N) is 2. The molecule has 7 heteroatoms. The monoisotopic (exact) mass is 315 g/mol. The maximum Gasteiger partial charge on any atom is 0.143 e. The highest BCUT2D eigenvalue weighted by molar-refractivity contribution is 9.10. The first-order valence-electron chi connectivity index (χ1n) is 4.96. The summed E-state index contributed by atoms with van der Waals surface area (Å²) >= 11 is 9.51. The van der Waals surface area contributed by atoms with Crippen LogP contribution in [-0.2, 0) is 6.42 Å². The van der Waals surface area contributed by atoms with Crippen LogP contribution < -0.4 is 11.3 Å². The van der Waals surface area contributed by atoms with Crippen LogP contribution in [0.25, 0.3) is 0 Å². The highest BCUT2D eigenvalue weighted by Crippen LogP contribution is 2.24. The van der Waals surface area contributed by atoms with E-state index in [2.05, 4.69) is 36.5 Å². The van der Waals surface area contributed by atoms with Crippen LogP contribution in [0, 0.1) is 0 Å². The van der Waals surface area contributed by atoms with Gasteiger partial charge in [-0.05, 0) is 24.1 Å². The molecule has 0 aliphatic carbocycles. The predicted octanol–water partition coefficient (Wildman–Crippen LogP) is 1.97. The number of aromatic amines is 1. The molecule has 0 saturated carbocycles. The number of nitrogens with two attached hydrogens (primary N) is 1. The number of hydrazine groups is 1. The average Bonchev–Trinajstić information content (AvgIpc) is 2.81. The van der Waals surface area contributed by atoms with Gasteiger partial charge in [-0.25, -0.2) is 10.4 Å². The molecule has 4 N–H and O–H groups in total. The van der Waals surface area contributed by atoms with Gasteiger partial charge in [-0.1, -0.05) is 33.6 Å². The molecule has 2 aromatic rings. The molecule has 0 spiro atoms. The van der Waals surface area contributed by atoms with Gasteiger partial charge in [-0.3, -0.25) is 10.9 Å². The molecular weight excluding hydrogens is 306 g/mol. The van der Waals surface area contributed by atoms with Gasteiger partial charge in [-0.15, -0.1) is 0 Å². The van der Waals surface area contributed by atoms with Crippen molar-refractivity contribution >= 4 is 27.5 Å². The van der Waals surface area contributed by atoms with Crippen molar-refractivity contribution in [3.05, 3.63) is 45.4 Å². The van der Waals surface area contributed by atoms with E-state index in [0.29, 0.717) is 17.3 Å². The smallest absolute Gasteiger partial charge is 0.143 e. The summed E-state index contributed by atoms with van der Waals surface area (Å²) in [7, 11) is 0. The maximum absolute atomic E-state index is 6.15. The van der Waals surface area contributed by atoms with Crippen molar-refractivity contribution in [2.24, 2.45) is 5.84 Å². The van der Waals surface area contributed by atoms with Crippen LogP contribution in [0.3, 0.4) is 0 Å². The molecule has 5 nitrogen and oxygen atoms in total. The quantitative estimate of drug-likeness (QED) is 0.595. The van der Waals surface area contributed by atoms with E-state index in [1.54, 1.807) is 0 Å². The minimum absolute atomic E-state index is 0.142. The number of H-pyrrole nitrogens is 1. The molecule has 0 bridgehead atoms. The number of benzene rings is 1. The van der Waals surface area contributed by atoms with E-state index in [-0.39, 0.29) is 6.04 Å². The topological polar surface area (TPSA) is 79.6 Å². The number of rotatable bonds is 4. The first kappa shape index (κ1) is 12.5. The van der Waals surface area contributed by atoms with Crippen LogP contribution in [0.15, 0.2) is 29.0 Å². The van der Waals surface area contributed by atoms with Crippen LogP contribution in [0.5, 0.6) is 0 Å². The van der Waals surface area contributed by atoms with Crippen molar-refractivity contribution in [3.63, 3.8) is 0 Å². The normalized spacial score (nSPS) is 12.6. The van der Waals surface area contributed by atoms with Gasteiger partial charge in [0, 0.05) is 9.50 Å². The zero-order valence-electron chi connectivity index (χ0n) is 8.82. The van der Waals surface area contributed by atoms with Gasteiger partial charge < -0.3 is 0 Å². The Hall–Kier alpha value is -0.950. The molecule has 0 amide bonds. The zero-order chi connectivity index (χ0) is 12.3. The second-order valence-electron chi connectivity index (χ2n) is 3.53. The summed E-state index contributed by atoms with van der Waals surface area (Å²) < 4.78 is 0.947. The SMILES string of the molecule is NNC(Cc1ccc(Br)cc1Cl)c1ncn[nH]1. The van der Waals surface area contributed by atoms with Crippen molar-refractivity contribution in [3.8, 4) is 0 Å². The second kappa shape index (κ2) is 5.59. The predicted molar refractivity (Wildman–Crippen MR) is 69.3 cm³/mol. The van der Waals surface area contributed by atoms with Gasteiger partial charge >= 0.3 is 0 Å². The lowest BCUT2D eigenvalue weighted by Gasteiger charge is -2.14. The molecule has 0 aliphatic heterocycles. The average molecular weight is 317 g/mol. The fourth-order valence-corrected chi connectivity index (χ4v) is 2.28. The van der Waals surface area contributed by atoms with Crippen LogP contribution in [0.1, 0.15) is 17.4 Å². The Kier molecular flexibility index (Phi) is 4.11. The van der Waals surface area contributed by atoms with Gasteiger partial charge in [0.2, 0.25) is 0 Å². The van der Waals surface area contributed by atoms with Gasteiger partial charge in [0.25, 0.3) is 0 Å². The fraction of sp³-hybridized carbons (Fsp3) is 0.200. The largest absolute Gasteiger partial charge is 0.271 e. The summed E-state index contributed by atoms with van der Waals surface area (Å²) in [6.45, 7) is 0. The van der Waals surface area contributed by atoms with Gasteiger partial charge in [0.05, 0.1) is 6.04 Å². The van der Waals surface area contributed by atoms with Crippen molar-refractivity contribution in [2.75, 3.05) is 0 Å². The lowest BCUT2D eigenvalue weighted by Crippen LogP contribution is -2.30. The van der Waals surface area contributed by atoms with Gasteiger partial charge in [0.1, 0.15) is 12.2 Å². The number of hydrogen-bond donors (Lipinski definition) is 3. The van der Waals surface area contributed by atoms with E-state index in [1.807, 2.05) is 18.2 Å². The summed E-state index contributed by atoms with van der Waals surface area (Å²) in [5, 5.41) is 7.27. The standard InChI is InChI=1S/C10H11BrClN5/c11-7-2-1-6(8(12)4-7)3-9(16-13)10-14-5-15-17-10/h1-2,4-5,9,16H,3,13H2,(H,14,15,17). The Morgan fingerprint density at radius 1 is 1.53 bits per heavy atom. The van der Waals surface area contributed by atoms with E-state index in [0.717, 1.165) is 10.0 Å². The lowest BCUT2D eigenvalue weighted by molar-refractivity contribution is 0.524. The molecule has 0 aliphatic rings. The molecule has 1 aromatic heterocycles. The number of aromatic nitrogens is 3. The minimum Gasteiger partial charge on any atom is -0.271 e. The van der Waals surface area contributed by atoms with Gasteiger partial charge in [0.15, 0.2) is 0 Å². The third-order valence-corrected chi connectivity index (χ3v) is 3.25. The highest BCUT2D eigenvalue weighted by atomic mass is 79.9. The van der Waals surface area contributed by atoms with Crippen molar-refractivity contribution < 1.29 is 0 Å². The Bertz CT molecular complexity index is 487. The van der Waals surface area contributed by atoms with E-state index in [9.17, 15) is 0 Å². The molecule has 0 saturated heterocycles. The van der Waals surface area contributed by atoms with E-state index >= 15 is 0 Å². The fourth-order valence-electron chi connectivity index (χ4n) is 1.52. The Morgan fingerprint density at radius 3 is 2.94 bits per heavy atom. The second-order valence-corrected chi connectivity index (χ2v) is 4.85. The molecule has 0 fully saturated rings. The van der Waals surface area contributed by atoms with Crippen LogP contribution in [0.4, 0.5) is 0 Å². The summed E-state index contributed by atoms with van der Waals surface area (Å²) in [6.07, 6.45) is 2.08. The van der Waals surface area contributed by atoms with Crippen LogP contribution in [-0.4, -0.2) is 15.2 Å². The summed E-state index contributed by atoms with van der Waals surface area (Å²) in [6, 6.07) is 5.60. The number of halogens is 2. The van der Waals surface area contributed by atoms with Crippen molar-refractivity contribution in [1.29, 1.82) is 0 Å². The molecule has 1 aromatic carbocycles. The summed E-state index contributed by atoms with van der Waals surface area (Å²) in [4.78, 5) is 4.07. The highest BCUT2D eigenvalue weighted by Gasteiger charge is 2.15. The first-order valence-corrected chi connectivity index (χ1v) is 6.13. The van der Waals surface area contributed by atoms with E-state index in [1.165, 1.54) is 6.33 Å². The lowest BCUT2D eigenvalue weighted by atomic mass is 10.1. The Labute approximate surface area is 112 Å². The molecule has 1 atom stereocenters. The molecule has 2 rings (SSSR count). The number of nitrogens with zero attached hydrogens (tertiary/aromatic N) is 2. The molecule has 90 valence electrons. The van der Waals surface area contributed by atoms with Crippen molar-refractivity contribution in [2.45, 2.75) is 12.5 Å². The molecular formula is C10H11BrClN5. The molecule has 1 heterocycles. The Balaban J connectivity index is 2.19. The van der Waals surface area contributed by atoms with Crippen molar-refractivity contribution in [1.82, 2.24) is 20.6 Å². The zero-order valence-corrected chi connectivity index (χ0v) is 11.2. The molecule has 17 heavy (non-hydrogen) atoms. The number of hydrogen-bond acceptors (Lipinski definition) is 4. The molecule has 1 unspecified atom stereocenters. The summed E-state index contributed by atoms with van der Waals surface area (Å²) in [5.41, 5.74) is 3.69. The molecule has 0 radical (unpaired) electrons. The van der Waals surface area contributed by atoms with Gasteiger partial charge in [-0.2, -0.15) is 5.10 Å². The first-order chi connectivity index (χ1) is 8.20. The maximum atomic E-state index is 6.15. The minimum atomic E-state index is -0.142.